The van der Waals surface area contributed by atoms with E-state index in [0.29, 0.717) is 17.9 Å². The maximum absolute atomic E-state index is 13.8. The Kier molecular flexibility index (Phi) is 3.57. The van der Waals surface area contributed by atoms with Gasteiger partial charge in [0.2, 0.25) is 0 Å². The molecule has 0 amide bonds. The van der Waals surface area contributed by atoms with Crippen LogP contribution in [-0.4, -0.2) is 12.6 Å². The largest absolute Gasteiger partial charge is 0.314 e. The zero-order valence-corrected chi connectivity index (χ0v) is 11.3. The molecule has 1 aromatic rings. The Morgan fingerprint density at radius 2 is 1.95 bits per heavy atom. The van der Waals surface area contributed by atoms with Gasteiger partial charge in [0, 0.05) is 6.04 Å². The first-order valence-corrected chi connectivity index (χ1v) is 7.35. The number of fused-ring (bicyclic) bond motifs is 1. The van der Waals surface area contributed by atoms with Gasteiger partial charge in [-0.05, 0) is 61.6 Å². The molecule has 2 aliphatic carbocycles. The van der Waals surface area contributed by atoms with Gasteiger partial charge in [-0.1, -0.05) is 19.1 Å². The zero-order chi connectivity index (χ0) is 13.4. The number of rotatable bonds is 5. The first-order valence-electron chi connectivity index (χ1n) is 7.35. The van der Waals surface area contributed by atoms with E-state index < -0.39 is 11.6 Å². The van der Waals surface area contributed by atoms with E-state index in [1.54, 1.807) is 12.1 Å². The third-order valence-corrected chi connectivity index (χ3v) is 4.79. The van der Waals surface area contributed by atoms with E-state index in [0.717, 1.165) is 18.4 Å². The van der Waals surface area contributed by atoms with Gasteiger partial charge >= 0.3 is 0 Å². The third kappa shape index (κ3) is 2.66. The van der Waals surface area contributed by atoms with Crippen LogP contribution in [-0.2, 0) is 6.42 Å². The van der Waals surface area contributed by atoms with Gasteiger partial charge < -0.3 is 5.32 Å². The predicted molar refractivity (Wildman–Crippen MR) is 71.8 cm³/mol. The van der Waals surface area contributed by atoms with Crippen LogP contribution in [0.5, 0.6) is 0 Å². The molecule has 2 fully saturated rings. The average molecular weight is 265 g/mol. The summed E-state index contributed by atoms with van der Waals surface area (Å²) in [5.74, 6) is 1.06. The first-order chi connectivity index (χ1) is 9.19. The summed E-state index contributed by atoms with van der Waals surface area (Å²) in [4.78, 5) is 0. The van der Waals surface area contributed by atoms with Gasteiger partial charge in [0.05, 0.1) is 0 Å². The molecular weight excluding hydrogens is 244 g/mol. The fourth-order valence-electron chi connectivity index (χ4n) is 3.70. The molecule has 19 heavy (non-hydrogen) atoms. The van der Waals surface area contributed by atoms with Gasteiger partial charge in [-0.2, -0.15) is 0 Å². The molecule has 104 valence electrons. The Bertz CT molecular complexity index is 450. The van der Waals surface area contributed by atoms with Crippen molar-refractivity contribution in [3.8, 4) is 0 Å². The van der Waals surface area contributed by atoms with Gasteiger partial charge in [-0.25, -0.2) is 8.78 Å². The number of halogens is 2. The molecule has 0 saturated heterocycles. The summed E-state index contributed by atoms with van der Waals surface area (Å²) in [6.45, 7) is 2.96. The second-order valence-electron chi connectivity index (χ2n) is 6.07. The standard InChI is InChI=1S/C16H21F2N/c1-2-19-15(13-7-11-6-12(11)8-13)9-10-4-3-5-14(17)16(10)18/h3-5,11-13,15,19H,2,6-9H2,1H3. The van der Waals surface area contributed by atoms with Crippen LogP contribution in [0.3, 0.4) is 0 Å². The monoisotopic (exact) mass is 265 g/mol. The predicted octanol–water partition coefficient (Wildman–Crippen LogP) is 3.53. The summed E-state index contributed by atoms with van der Waals surface area (Å²) in [5, 5.41) is 3.47. The van der Waals surface area contributed by atoms with Crippen LogP contribution >= 0.6 is 0 Å². The van der Waals surface area contributed by atoms with E-state index in [1.165, 1.54) is 25.3 Å². The van der Waals surface area contributed by atoms with E-state index in [4.69, 9.17) is 0 Å². The van der Waals surface area contributed by atoms with Crippen LogP contribution in [0.25, 0.3) is 0 Å². The Hall–Kier alpha value is -0.960. The van der Waals surface area contributed by atoms with Gasteiger partial charge in [-0.3, -0.25) is 0 Å². The van der Waals surface area contributed by atoms with Crippen molar-refractivity contribution in [2.24, 2.45) is 17.8 Å². The van der Waals surface area contributed by atoms with Crippen molar-refractivity contribution in [2.75, 3.05) is 6.54 Å². The van der Waals surface area contributed by atoms with Crippen LogP contribution in [0.15, 0.2) is 18.2 Å². The summed E-state index contributed by atoms with van der Waals surface area (Å²) < 4.78 is 27.0. The van der Waals surface area contributed by atoms with Gasteiger partial charge in [0.15, 0.2) is 11.6 Å². The molecule has 1 aromatic carbocycles. The van der Waals surface area contributed by atoms with Crippen molar-refractivity contribution in [1.29, 1.82) is 0 Å². The molecular formula is C16H21F2N. The Balaban J connectivity index is 1.71. The molecule has 0 aliphatic heterocycles. The second-order valence-corrected chi connectivity index (χ2v) is 6.07. The van der Waals surface area contributed by atoms with Gasteiger partial charge in [-0.15, -0.1) is 0 Å². The molecule has 3 rings (SSSR count). The highest BCUT2D eigenvalue weighted by molar-refractivity contribution is 5.20. The third-order valence-electron chi connectivity index (χ3n) is 4.79. The van der Waals surface area contributed by atoms with Crippen LogP contribution in [0.2, 0.25) is 0 Å². The molecule has 0 aromatic heterocycles. The minimum atomic E-state index is -0.734. The highest BCUT2D eigenvalue weighted by atomic mass is 19.2. The van der Waals surface area contributed by atoms with Crippen LogP contribution in [0.1, 0.15) is 31.7 Å². The van der Waals surface area contributed by atoms with E-state index >= 15 is 0 Å². The molecule has 1 N–H and O–H groups in total. The summed E-state index contributed by atoms with van der Waals surface area (Å²) in [5.41, 5.74) is 0.506. The minimum absolute atomic E-state index is 0.286. The first kappa shape index (κ1) is 13.0. The number of nitrogens with one attached hydrogen (secondary N) is 1. The smallest absolute Gasteiger partial charge is 0.162 e. The molecule has 0 spiro atoms. The summed E-state index contributed by atoms with van der Waals surface area (Å²) in [7, 11) is 0. The minimum Gasteiger partial charge on any atom is -0.314 e. The molecule has 0 heterocycles. The van der Waals surface area contributed by atoms with Crippen molar-refractivity contribution >= 4 is 0 Å². The maximum Gasteiger partial charge on any atom is 0.162 e. The zero-order valence-electron chi connectivity index (χ0n) is 11.3. The topological polar surface area (TPSA) is 12.0 Å². The molecule has 0 radical (unpaired) electrons. The summed E-state index contributed by atoms with van der Waals surface area (Å²) in [6, 6.07) is 4.78. The highest BCUT2D eigenvalue weighted by Gasteiger charge is 2.47. The molecule has 2 saturated carbocycles. The van der Waals surface area contributed by atoms with Crippen LogP contribution in [0.4, 0.5) is 8.78 Å². The van der Waals surface area contributed by atoms with E-state index in [1.807, 2.05) is 0 Å². The van der Waals surface area contributed by atoms with Crippen molar-refractivity contribution < 1.29 is 8.78 Å². The molecule has 3 unspecified atom stereocenters. The molecule has 3 atom stereocenters. The molecule has 1 nitrogen and oxygen atoms in total. The van der Waals surface area contributed by atoms with E-state index in [-0.39, 0.29) is 6.04 Å². The lowest BCUT2D eigenvalue weighted by molar-refractivity contribution is 0.333. The molecule has 3 heteroatoms. The fraction of sp³-hybridized carbons (Fsp3) is 0.625. The van der Waals surface area contributed by atoms with Crippen LogP contribution < -0.4 is 5.32 Å². The maximum atomic E-state index is 13.8. The second kappa shape index (κ2) is 5.20. The van der Waals surface area contributed by atoms with Crippen LogP contribution in [0, 0.1) is 29.4 Å². The van der Waals surface area contributed by atoms with E-state index in [9.17, 15) is 8.78 Å². The van der Waals surface area contributed by atoms with Crippen molar-refractivity contribution in [2.45, 2.75) is 38.6 Å². The summed E-state index contributed by atoms with van der Waals surface area (Å²) >= 11 is 0. The molecule has 0 bridgehead atoms. The highest BCUT2D eigenvalue weighted by Crippen LogP contribution is 2.55. The lowest BCUT2D eigenvalue weighted by Gasteiger charge is -2.26. The normalized spacial score (nSPS) is 30.2. The van der Waals surface area contributed by atoms with Crippen molar-refractivity contribution in [3.63, 3.8) is 0 Å². The SMILES string of the molecule is CCNC(Cc1cccc(F)c1F)C1CC2CC2C1. The average Bonchev–Trinajstić information content (AvgIpc) is 3.01. The number of hydrogen-bond acceptors (Lipinski definition) is 1. The van der Waals surface area contributed by atoms with E-state index in [2.05, 4.69) is 12.2 Å². The number of benzene rings is 1. The lowest BCUT2D eigenvalue weighted by atomic mass is 9.89. The number of hydrogen-bond donors (Lipinski definition) is 1. The molecule has 2 aliphatic rings. The van der Waals surface area contributed by atoms with Gasteiger partial charge in [0.1, 0.15) is 0 Å². The summed E-state index contributed by atoms with van der Waals surface area (Å²) in [6.07, 6.45) is 4.52. The Morgan fingerprint density at radius 3 is 2.63 bits per heavy atom. The van der Waals surface area contributed by atoms with Crippen molar-refractivity contribution in [1.82, 2.24) is 5.32 Å². The fourth-order valence-corrected chi connectivity index (χ4v) is 3.70. The quantitative estimate of drug-likeness (QED) is 0.858. The van der Waals surface area contributed by atoms with Gasteiger partial charge in [0.25, 0.3) is 0 Å². The Morgan fingerprint density at radius 1 is 1.21 bits per heavy atom. The van der Waals surface area contributed by atoms with Crippen molar-refractivity contribution in [3.05, 3.63) is 35.4 Å². The number of likely N-dealkylation sites (N-methyl/N-ethyl adjacent to an activating group) is 1. The lowest BCUT2D eigenvalue weighted by Crippen LogP contribution is -2.37. The Labute approximate surface area is 113 Å².